The van der Waals surface area contributed by atoms with Gasteiger partial charge in [-0.3, -0.25) is 0 Å². The maximum Gasteiger partial charge on any atom is 0.495 e. The van der Waals surface area contributed by atoms with E-state index in [1.807, 2.05) is 22.7 Å². The van der Waals surface area contributed by atoms with E-state index in [0.717, 1.165) is 5.46 Å². The van der Waals surface area contributed by atoms with Gasteiger partial charge in [-0.1, -0.05) is 48.4 Å². The molecule has 2 nitrogen and oxygen atoms in total. The second kappa shape index (κ2) is 9.06. The quantitative estimate of drug-likeness (QED) is 0.160. The highest BCUT2D eigenvalue weighted by atomic mass is 32.1. The Morgan fingerprint density at radius 1 is 0.800 bits per heavy atom. The fourth-order valence-corrected chi connectivity index (χ4v) is 8.10. The molecule has 196 valence electrons. The predicted molar refractivity (Wildman–Crippen MR) is 176 cm³/mol. The molecule has 1 saturated heterocycles. The van der Waals surface area contributed by atoms with Crippen molar-refractivity contribution in [2.24, 2.45) is 0 Å². The van der Waals surface area contributed by atoms with Gasteiger partial charge in [0, 0.05) is 35.1 Å². The Balaban J connectivity index is 1.52. The number of hydrogen-bond acceptors (Lipinski definition) is 4. The van der Waals surface area contributed by atoms with E-state index in [2.05, 4.69) is 113 Å². The first-order valence-corrected chi connectivity index (χ1v) is 15.2. The number of aryl methyl sites for hydroxylation is 1. The summed E-state index contributed by atoms with van der Waals surface area (Å²) in [7, 11) is -0.417. The largest absolute Gasteiger partial charge is 0.495 e. The van der Waals surface area contributed by atoms with Gasteiger partial charge in [0.1, 0.15) is 0 Å². The van der Waals surface area contributed by atoms with Crippen molar-refractivity contribution in [1.29, 1.82) is 0 Å². The van der Waals surface area contributed by atoms with Crippen molar-refractivity contribution < 1.29 is 9.31 Å². The first-order valence-electron chi connectivity index (χ1n) is 13.6. The molecule has 1 aliphatic heterocycles. The van der Waals surface area contributed by atoms with Crippen LogP contribution < -0.4 is 5.46 Å². The molecule has 0 aliphatic carbocycles. The lowest BCUT2D eigenvalue weighted by molar-refractivity contribution is 0.00578. The fourth-order valence-electron chi connectivity index (χ4n) is 5.87. The third kappa shape index (κ3) is 3.79. The second-order valence-corrected chi connectivity index (χ2v) is 13.9. The molecule has 0 N–H and O–H groups in total. The zero-order valence-corrected chi connectivity index (χ0v) is 24.9. The van der Waals surface area contributed by atoms with E-state index in [9.17, 15) is 0 Å². The Labute approximate surface area is 243 Å². The van der Waals surface area contributed by atoms with Gasteiger partial charge in [-0.15, -0.1) is 29.1 Å². The topological polar surface area (TPSA) is 18.5 Å². The van der Waals surface area contributed by atoms with Gasteiger partial charge < -0.3 is 9.31 Å². The van der Waals surface area contributed by atoms with E-state index in [4.69, 9.17) is 15.7 Å². The van der Waals surface area contributed by atoms with Crippen molar-refractivity contribution >= 4 is 82.4 Å². The summed E-state index contributed by atoms with van der Waals surface area (Å²) >= 11 is 3.65. The summed E-state index contributed by atoms with van der Waals surface area (Å²) in [6.07, 6.45) is 9.52. The van der Waals surface area contributed by atoms with E-state index in [0.29, 0.717) is 0 Å². The van der Waals surface area contributed by atoms with Crippen LogP contribution in [0, 0.1) is 19.3 Å². The third-order valence-corrected chi connectivity index (χ3v) is 10.8. The van der Waals surface area contributed by atoms with Crippen LogP contribution in [-0.4, -0.2) is 18.3 Å². The second-order valence-electron chi connectivity index (χ2n) is 11.5. The van der Waals surface area contributed by atoms with Gasteiger partial charge in [-0.05, 0) is 104 Å². The van der Waals surface area contributed by atoms with E-state index in [1.165, 1.54) is 62.6 Å². The summed E-state index contributed by atoms with van der Waals surface area (Å²) in [5.74, 6) is 2.68. The lowest BCUT2D eigenvalue weighted by atomic mass is 9.76. The van der Waals surface area contributed by atoms with Crippen molar-refractivity contribution in [3.05, 3.63) is 83.2 Å². The monoisotopic (exact) mass is 556 g/mol. The number of fused-ring (bicyclic) bond motifs is 5. The highest BCUT2D eigenvalue weighted by Crippen LogP contribution is 2.45. The molecule has 5 heteroatoms. The highest BCUT2D eigenvalue weighted by molar-refractivity contribution is 7.26. The molecule has 0 spiro atoms. The minimum absolute atomic E-state index is 0.398. The molecule has 1 aliphatic rings. The SMILES string of the molecule is C#C/C=C\c1c(C)sc2cc3ccccc3c(-c3ccc4sc5cccc(B6OC(C)(C)C(C)(C)O6)c5c4c3)c12. The van der Waals surface area contributed by atoms with Gasteiger partial charge in [0.25, 0.3) is 0 Å². The standard InChI is InChI=1S/C35H29BO2S2/c1-7-8-13-24-21(2)39-30-20-22-12-9-10-14-25(22)31(33(24)30)23-17-18-28-26(19-23)32-27(15-11-16-29(32)40-28)36-37-34(3,4)35(5,6)38-36/h1,8-20H,2-6H3/b13-8-. The van der Waals surface area contributed by atoms with Gasteiger partial charge >= 0.3 is 7.12 Å². The van der Waals surface area contributed by atoms with Gasteiger partial charge in [-0.25, -0.2) is 0 Å². The molecular weight excluding hydrogens is 527 g/mol. The molecule has 0 amide bonds. The predicted octanol–water partition coefficient (Wildman–Crippen LogP) is 9.34. The number of rotatable bonds is 3. The molecule has 0 radical (unpaired) electrons. The van der Waals surface area contributed by atoms with Crippen molar-refractivity contribution in [1.82, 2.24) is 0 Å². The zero-order chi connectivity index (χ0) is 27.8. The molecule has 7 rings (SSSR count). The number of thiophene rings is 2. The van der Waals surface area contributed by atoms with Crippen molar-refractivity contribution in [3.8, 4) is 23.5 Å². The van der Waals surface area contributed by atoms with E-state index in [1.54, 1.807) is 6.08 Å². The van der Waals surface area contributed by atoms with Crippen molar-refractivity contribution in [2.75, 3.05) is 0 Å². The van der Waals surface area contributed by atoms with Crippen molar-refractivity contribution in [2.45, 2.75) is 45.8 Å². The highest BCUT2D eigenvalue weighted by Gasteiger charge is 2.52. The maximum atomic E-state index is 6.52. The molecule has 0 unspecified atom stereocenters. The Hall–Kier alpha value is -3.40. The lowest BCUT2D eigenvalue weighted by Crippen LogP contribution is -2.41. The lowest BCUT2D eigenvalue weighted by Gasteiger charge is -2.32. The first-order chi connectivity index (χ1) is 19.2. The molecule has 0 bridgehead atoms. The average Bonchev–Trinajstić information content (AvgIpc) is 3.52. The normalized spacial score (nSPS) is 16.6. The third-order valence-electron chi connectivity index (χ3n) is 8.59. The van der Waals surface area contributed by atoms with E-state index >= 15 is 0 Å². The Kier molecular flexibility index (Phi) is 5.79. The van der Waals surface area contributed by atoms with Crippen LogP contribution in [0.1, 0.15) is 38.1 Å². The molecule has 0 atom stereocenters. The maximum absolute atomic E-state index is 6.52. The van der Waals surface area contributed by atoms with Gasteiger partial charge in [0.15, 0.2) is 0 Å². The first kappa shape index (κ1) is 25.6. The zero-order valence-electron chi connectivity index (χ0n) is 23.3. The van der Waals surface area contributed by atoms with Crippen LogP contribution in [0.5, 0.6) is 0 Å². The molecule has 2 aromatic heterocycles. The van der Waals surface area contributed by atoms with E-state index < -0.39 is 18.3 Å². The molecule has 40 heavy (non-hydrogen) atoms. The number of terminal acetylenes is 1. The molecule has 0 saturated carbocycles. The number of hydrogen-bond donors (Lipinski definition) is 0. The van der Waals surface area contributed by atoms with Gasteiger partial charge in [0.2, 0.25) is 0 Å². The van der Waals surface area contributed by atoms with Crippen LogP contribution >= 0.6 is 22.7 Å². The smallest absolute Gasteiger partial charge is 0.399 e. The Bertz CT molecular complexity index is 2040. The van der Waals surface area contributed by atoms with Gasteiger partial charge in [0.05, 0.1) is 11.2 Å². The fraction of sp³-hybridized carbons (Fsp3) is 0.200. The number of benzene rings is 4. The molecule has 4 aromatic carbocycles. The van der Waals surface area contributed by atoms with E-state index in [-0.39, 0.29) is 0 Å². The summed E-state index contributed by atoms with van der Waals surface area (Å²) < 4.78 is 16.8. The minimum Gasteiger partial charge on any atom is -0.399 e. The number of allylic oxidation sites excluding steroid dienone is 1. The van der Waals surface area contributed by atoms with Crippen LogP contribution in [0.25, 0.3) is 58.2 Å². The summed E-state index contributed by atoms with van der Waals surface area (Å²) in [6, 6.07) is 24.4. The summed E-state index contributed by atoms with van der Waals surface area (Å²) in [5, 5.41) is 6.20. The molecular formula is C35H29BO2S2. The van der Waals surface area contributed by atoms with Crippen LogP contribution in [-0.2, 0) is 9.31 Å². The van der Waals surface area contributed by atoms with Crippen LogP contribution in [0.3, 0.4) is 0 Å². The van der Waals surface area contributed by atoms with Crippen LogP contribution in [0.2, 0.25) is 0 Å². The summed E-state index contributed by atoms with van der Waals surface area (Å²) in [4.78, 5) is 1.27. The minimum atomic E-state index is -0.417. The average molecular weight is 557 g/mol. The van der Waals surface area contributed by atoms with Crippen LogP contribution in [0.4, 0.5) is 0 Å². The van der Waals surface area contributed by atoms with Crippen LogP contribution in [0.15, 0.2) is 72.8 Å². The summed E-state index contributed by atoms with van der Waals surface area (Å²) in [5.41, 5.74) is 3.95. The Morgan fingerprint density at radius 2 is 1.57 bits per heavy atom. The summed E-state index contributed by atoms with van der Waals surface area (Å²) in [6.45, 7) is 10.6. The van der Waals surface area contributed by atoms with Gasteiger partial charge in [-0.2, -0.15) is 0 Å². The molecule has 3 heterocycles. The molecule has 6 aromatic rings. The Morgan fingerprint density at radius 3 is 2.35 bits per heavy atom. The molecule has 1 fully saturated rings. The van der Waals surface area contributed by atoms with Crippen molar-refractivity contribution in [3.63, 3.8) is 0 Å².